The zero-order valence-electron chi connectivity index (χ0n) is 15.1. The Morgan fingerprint density at radius 1 is 1.11 bits per heavy atom. The first-order chi connectivity index (χ1) is 13.0. The smallest absolute Gasteiger partial charge is 0.347 e. The van der Waals surface area contributed by atoms with Crippen LogP contribution in [0.2, 0.25) is 0 Å². The van der Waals surface area contributed by atoms with Crippen molar-refractivity contribution in [3.8, 4) is 5.75 Å². The number of nitrogens with zero attached hydrogens (tertiary/aromatic N) is 2. The number of fused-ring (bicyclic) bond motifs is 1. The highest BCUT2D eigenvalue weighted by Gasteiger charge is 2.19. The highest BCUT2D eigenvalue weighted by atomic mass is 32.1. The number of hydrogen-bond acceptors (Lipinski definition) is 6. The summed E-state index contributed by atoms with van der Waals surface area (Å²) in [7, 11) is 1.66. The first-order valence-corrected chi connectivity index (χ1v) is 9.31. The Kier molecular flexibility index (Phi) is 6.03. The van der Waals surface area contributed by atoms with E-state index in [1.807, 2.05) is 42.5 Å². The summed E-state index contributed by atoms with van der Waals surface area (Å²) in [5, 5.41) is 0.833. The number of rotatable bonds is 7. The molecule has 1 heterocycles. The minimum atomic E-state index is -0.797. The van der Waals surface area contributed by atoms with Gasteiger partial charge in [-0.2, -0.15) is 0 Å². The molecule has 0 saturated heterocycles. The third kappa shape index (κ3) is 5.04. The fourth-order valence-electron chi connectivity index (χ4n) is 2.39. The molecule has 0 N–H and O–H groups in total. The van der Waals surface area contributed by atoms with Gasteiger partial charge in [-0.05, 0) is 31.2 Å². The third-order valence-corrected chi connectivity index (χ3v) is 4.88. The second kappa shape index (κ2) is 8.64. The van der Waals surface area contributed by atoms with Crippen LogP contribution in [0.5, 0.6) is 5.75 Å². The van der Waals surface area contributed by atoms with E-state index in [1.165, 1.54) is 4.90 Å². The molecule has 3 rings (SSSR count). The Bertz CT molecular complexity index is 893. The molecular formula is C20H20N2O4S. The molecule has 0 aliphatic carbocycles. The van der Waals surface area contributed by atoms with E-state index >= 15 is 0 Å². The average molecular weight is 384 g/mol. The molecule has 6 nitrogen and oxygen atoms in total. The minimum absolute atomic E-state index is 0.297. The number of hydrogen-bond donors (Lipinski definition) is 0. The molecule has 1 aromatic heterocycles. The molecule has 1 atom stereocenters. The topological polar surface area (TPSA) is 68.7 Å². The Balaban J connectivity index is 1.48. The van der Waals surface area contributed by atoms with Gasteiger partial charge in [0.2, 0.25) is 0 Å². The number of likely N-dealkylation sites (N-methyl/N-ethyl adjacent to an activating group) is 1. The molecule has 0 spiro atoms. The van der Waals surface area contributed by atoms with Crippen LogP contribution in [0.25, 0.3) is 10.2 Å². The van der Waals surface area contributed by atoms with Crippen molar-refractivity contribution in [1.82, 2.24) is 9.88 Å². The predicted molar refractivity (Wildman–Crippen MR) is 104 cm³/mol. The van der Waals surface area contributed by atoms with E-state index in [0.29, 0.717) is 12.3 Å². The van der Waals surface area contributed by atoms with E-state index in [1.54, 1.807) is 37.4 Å². The Labute approximate surface area is 161 Å². The maximum atomic E-state index is 12.2. The number of amides is 1. The number of carbonyl (C=O) groups is 2. The van der Waals surface area contributed by atoms with Crippen molar-refractivity contribution in [2.75, 3.05) is 13.7 Å². The van der Waals surface area contributed by atoms with Gasteiger partial charge < -0.3 is 14.4 Å². The SMILES string of the molecule is C[C@H](Oc1ccccc1)C(=O)OCC(=O)N(C)Cc1nc2ccccc2s1. The minimum Gasteiger partial charge on any atom is -0.479 e. The highest BCUT2D eigenvalue weighted by Crippen LogP contribution is 2.22. The lowest BCUT2D eigenvalue weighted by molar-refractivity contribution is -0.157. The summed E-state index contributed by atoms with van der Waals surface area (Å²) in [6.07, 6.45) is -0.797. The van der Waals surface area contributed by atoms with Gasteiger partial charge in [-0.1, -0.05) is 30.3 Å². The van der Waals surface area contributed by atoms with Crippen LogP contribution in [0.15, 0.2) is 54.6 Å². The largest absolute Gasteiger partial charge is 0.479 e. The van der Waals surface area contributed by atoms with Gasteiger partial charge in [-0.25, -0.2) is 9.78 Å². The number of aromatic nitrogens is 1. The second-order valence-corrected chi connectivity index (χ2v) is 7.12. The number of thiazole rings is 1. The maximum absolute atomic E-state index is 12.2. The lowest BCUT2D eigenvalue weighted by atomic mass is 10.3. The number of ether oxygens (including phenoxy) is 2. The molecule has 0 aliphatic heterocycles. The van der Waals surface area contributed by atoms with Crippen molar-refractivity contribution in [2.45, 2.75) is 19.6 Å². The van der Waals surface area contributed by atoms with Gasteiger partial charge in [0.1, 0.15) is 10.8 Å². The van der Waals surface area contributed by atoms with Crippen LogP contribution >= 0.6 is 11.3 Å². The van der Waals surface area contributed by atoms with Crippen LogP contribution in [0, 0.1) is 0 Å². The zero-order chi connectivity index (χ0) is 19.2. The third-order valence-electron chi connectivity index (χ3n) is 3.86. The normalized spacial score (nSPS) is 11.8. The second-order valence-electron chi connectivity index (χ2n) is 6.01. The molecule has 1 amide bonds. The van der Waals surface area contributed by atoms with Gasteiger partial charge in [0.15, 0.2) is 12.7 Å². The van der Waals surface area contributed by atoms with Gasteiger partial charge in [0.05, 0.1) is 16.8 Å². The van der Waals surface area contributed by atoms with E-state index in [-0.39, 0.29) is 12.5 Å². The molecule has 27 heavy (non-hydrogen) atoms. The molecule has 3 aromatic rings. The summed E-state index contributed by atoms with van der Waals surface area (Å²) in [6.45, 7) is 1.62. The van der Waals surface area contributed by atoms with Crippen LogP contribution in [-0.2, 0) is 20.9 Å². The molecule has 0 unspecified atom stereocenters. The summed E-state index contributed by atoms with van der Waals surface area (Å²) < 4.78 is 11.6. The van der Waals surface area contributed by atoms with Crippen LogP contribution in [0.1, 0.15) is 11.9 Å². The maximum Gasteiger partial charge on any atom is 0.347 e. The molecule has 0 fully saturated rings. The monoisotopic (exact) mass is 384 g/mol. The lowest BCUT2D eigenvalue weighted by Gasteiger charge is -2.17. The molecule has 7 heteroatoms. The predicted octanol–water partition coefficient (Wildman–Crippen LogP) is 3.27. The Morgan fingerprint density at radius 3 is 2.56 bits per heavy atom. The number of carbonyl (C=O) groups excluding carboxylic acids is 2. The Morgan fingerprint density at radius 2 is 1.81 bits per heavy atom. The molecule has 0 bridgehead atoms. The first kappa shape index (κ1) is 18.8. The van der Waals surface area contributed by atoms with Crippen molar-refractivity contribution in [3.63, 3.8) is 0 Å². The zero-order valence-corrected chi connectivity index (χ0v) is 15.9. The lowest BCUT2D eigenvalue weighted by Crippen LogP contribution is -2.33. The van der Waals surface area contributed by atoms with E-state index in [9.17, 15) is 9.59 Å². The summed E-state index contributed by atoms with van der Waals surface area (Å²) in [6, 6.07) is 16.8. The van der Waals surface area contributed by atoms with E-state index in [2.05, 4.69) is 4.98 Å². The van der Waals surface area contributed by atoms with Crippen molar-refractivity contribution in [3.05, 3.63) is 59.6 Å². The van der Waals surface area contributed by atoms with Crippen LogP contribution < -0.4 is 4.74 Å². The van der Waals surface area contributed by atoms with Gasteiger partial charge in [0, 0.05) is 7.05 Å². The Hall–Kier alpha value is -2.93. The van der Waals surface area contributed by atoms with Gasteiger partial charge in [0.25, 0.3) is 5.91 Å². The summed E-state index contributed by atoms with van der Waals surface area (Å²) in [4.78, 5) is 30.3. The highest BCUT2D eigenvalue weighted by molar-refractivity contribution is 7.18. The molecule has 0 aliphatic rings. The molecule has 140 valence electrons. The summed E-state index contributed by atoms with van der Waals surface area (Å²) in [5.41, 5.74) is 0.914. The molecule has 0 saturated carbocycles. The fraction of sp³-hybridized carbons (Fsp3) is 0.250. The van der Waals surface area contributed by atoms with Crippen molar-refractivity contribution in [1.29, 1.82) is 0 Å². The summed E-state index contributed by atoms with van der Waals surface area (Å²) in [5.74, 6) is -0.309. The number of esters is 1. The van der Waals surface area contributed by atoms with E-state index in [4.69, 9.17) is 9.47 Å². The van der Waals surface area contributed by atoms with Crippen LogP contribution in [0.4, 0.5) is 0 Å². The quantitative estimate of drug-likeness (QED) is 0.585. The fourth-order valence-corrected chi connectivity index (χ4v) is 3.41. The first-order valence-electron chi connectivity index (χ1n) is 8.49. The standard InChI is InChI=1S/C20H20N2O4S/c1-14(26-15-8-4-3-5-9-15)20(24)25-13-19(23)22(2)12-18-21-16-10-6-7-11-17(16)27-18/h3-11,14H,12-13H2,1-2H3/t14-/m0/s1. The molecule has 2 aromatic carbocycles. The van der Waals surface area contributed by atoms with E-state index < -0.39 is 12.1 Å². The number of benzene rings is 2. The van der Waals surface area contributed by atoms with Gasteiger partial charge >= 0.3 is 5.97 Å². The summed E-state index contributed by atoms with van der Waals surface area (Å²) >= 11 is 1.54. The van der Waals surface area contributed by atoms with E-state index in [0.717, 1.165) is 15.2 Å². The average Bonchev–Trinajstić information content (AvgIpc) is 3.08. The van der Waals surface area contributed by atoms with Gasteiger partial charge in [-0.15, -0.1) is 11.3 Å². The van der Waals surface area contributed by atoms with Crippen molar-refractivity contribution >= 4 is 33.4 Å². The van der Waals surface area contributed by atoms with Crippen molar-refractivity contribution < 1.29 is 19.1 Å². The van der Waals surface area contributed by atoms with Crippen LogP contribution in [0.3, 0.4) is 0 Å². The molecular weight excluding hydrogens is 364 g/mol. The van der Waals surface area contributed by atoms with Crippen molar-refractivity contribution in [2.24, 2.45) is 0 Å². The molecule has 0 radical (unpaired) electrons. The van der Waals surface area contributed by atoms with Gasteiger partial charge in [-0.3, -0.25) is 4.79 Å². The number of para-hydroxylation sites is 2. The van der Waals surface area contributed by atoms with Crippen LogP contribution in [-0.4, -0.2) is 41.5 Å².